The number of nitrogens with zero attached hydrogens (tertiary/aromatic N) is 2. The molecule has 0 unspecified atom stereocenters. The summed E-state index contributed by atoms with van der Waals surface area (Å²) in [5, 5.41) is 0. The summed E-state index contributed by atoms with van der Waals surface area (Å²) in [6.07, 6.45) is 3.90. The van der Waals surface area contributed by atoms with Gasteiger partial charge in [-0.1, -0.05) is 0 Å². The standard InChI is InChI=1S/C16H13N3O4/c1-7-11(12(8(2)19-7)16(22)23-3)9-6-10(20)13-14(15(9)21)18-5-4-17-13/h4-6,19H,1-3H3. The van der Waals surface area contributed by atoms with Gasteiger partial charge < -0.3 is 9.72 Å². The van der Waals surface area contributed by atoms with Gasteiger partial charge in [0.05, 0.1) is 12.7 Å². The largest absolute Gasteiger partial charge is 0.465 e. The molecule has 0 fully saturated rings. The van der Waals surface area contributed by atoms with Crippen LogP contribution in [0.2, 0.25) is 0 Å². The molecule has 2 aromatic rings. The number of rotatable bonds is 2. The Balaban J connectivity index is 2.24. The molecule has 0 saturated carbocycles. The molecule has 2 aromatic heterocycles. The van der Waals surface area contributed by atoms with Crippen molar-refractivity contribution in [2.24, 2.45) is 0 Å². The molecular formula is C16H13N3O4. The fourth-order valence-corrected chi connectivity index (χ4v) is 2.74. The Labute approximate surface area is 131 Å². The number of fused-ring (bicyclic) bond motifs is 1. The second-order valence-corrected chi connectivity index (χ2v) is 5.12. The highest BCUT2D eigenvalue weighted by Gasteiger charge is 2.33. The van der Waals surface area contributed by atoms with Gasteiger partial charge in [-0.3, -0.25) is 9.59 Å². The van der Waals surface area contributed by atoms with Crippen molar-refractivity contribution >= 4 is 23.1 Å². The van der Waals surface area contributed by atoms with E-state index < -0.39 is 17.5 Å². The number of H-pyrrole nitrogens is 1. The van der Waals surface area contributed by atoms with E-state index in [1.807, 2.05) is 0 Å². The summed E-state index contributed by atoms with van der Waals surface area (Å²) in [5.41, 5.74) is 1.90. The van der Waals surface area contributed by atoms with E-state index in [1.165, 1.54) is 25.6 Å². The molecule has 0 saturated heterocycles. The number of hydrogen-bond donors (Lipinski definition) is 1. The van der Waals surface area contributed by atoms with Crippen LogP contribution in [-0.2, 0) is 4.74 Å². The van der Waals surface area contributed by atoms with Gasteiger partial charge in [0.1, 0.15) is 11.4 Å². The molecule has 1 aliphatic rings. The van der Waals surface area contributed by atoms with Crippen LogP contribution in [0.5, 0.6) is 0 Å². The smallest absolute Gasteiger partial charge is 0.340 e. The summed E-state index contributed by atoms with van der Waals surface area (Å²) in [7, 11) is 1.26. The molecule has 0 amide bonds. The summed E-state index contributed by atoms with van der Waals surface area (Å²) >= 11 is 0. The maximum atomic E-state index is 12.7. The number of aromatic nitrogens is 3. The van der Waals surface area contributed by atoms with E-state index in [0.29, 0.717) is 17.0 Å². The molecule has 0 aliphatic heterocycles. The van der Waals surface area contributed by atoms with Crippen molar-refractivity contribution in [3.63, 3.8) is 0 Å². The molecule has 23 heavy (non-hydrogen) atoms. The fourth-order valence-electron chi connectivity index (χ4n) is 2.74. The third-order valence-corrected chi connectivity index (χ3v) is 3.70. The molecule has 7 nitrogen and oxygen atoms in total. The average Bonchev–Trinajstić information content (AvgIpc) is 2.84. The zero-order valence-electron chi connectivity index (χ0n) is 12.8. The van der Waals surface area contributed by atoms with Crippen LogP contribution in [0.25, 0.3) is 5.57 Å². The SMILES string of the molecule is COC(=O)c1c(C)[nH]c(C)c1C1=CC(=O)c2nccnc2C1=O. The van der Waals surface area contributed by atoms with Crippen LogP contribution in [-0.4, -0.2) is 39.6 Å². The van der Waals surface area contributed by atoms with Gasteiger partial charge in [-0.25, -0.2) is 14.8 Å². The lowest BCUT2D eigenvalue weighted by molar-refractivity contribution is 0.0599. The maximum Gasteiger partial charge on any atom is 0.340 e. The molecule has 2 heterocycles. The number of aryl methyl sites for hydroxylation is 2. The molecule has 7 heteroatoms. The van der Waals surface area contributed by atoms with Gasteiger partial charge in [0.2, 0.25) is 11.6 Å². The Hall–Kier alpha value is -3.09. The minimum absolute atomic E-state index is 0.0101. The number of carbonyl (C=O) groups is 3. The number of aromatic amines is 1. The predicted octanol–water partition coefficient (Wildman–Crippen LogP) is 1.67. The van der Waals surface area contributed by atoms with E-state index in [4.69, 9.17) is 4.74 Å². The van der Waals surface area contributed by atoms with Crippen molar-refractivity contribution in [3.8, 4) is 0 Å². The first-order valence-corrected chi connectivity index (χ1v) is 6.85. The number of ether oxygens (including phenoxy) is 1. The van der Waals surface area contributed by atoms with Gasteiger partial charge in [-0.2, -0.15) is 0 Å². The summed E-state index contributed by atoms with van der Waals surface area (Å²) in [4.78, 5) is 47.8. The Morgan fingerprint density at radius 2 is 1.74 bits per heavy atom. The lowest BCUT2D eigenvalue weighted by atomic mass is 9.89. The number of Topliss-reactive ketones (excluding diaryl/α,β-unsaturated/α-hetero) is 1. The topological polar surface area (TPSA) is 102 Å². The van der Waals surface area contributed by atoms with Crippen LogP contribution in [0.3, 0.4) is 0 Å². The highest BCUT2D eigenvalue weighted by Crippen LogP contribution is 2.32. The second kappa shape index (κ2) is 5.28. The van der Waals surface area contributed by atoms with Crippen molar-refractivity contribution in [2.45, 2.75) is 13.8 Å². The first-order valence-electron chi connectivity index (χ1n) is 6.85. The molecular weight excluding hydrogens is 298 g/mol. The highest BCUT2D eigenvalue weighted by molar-refractivity contribution is 6.38. The Kier molecular flexibility index (Phi) is 3.40. The Bertz CT molecular complexity index is 893. The Morgan fingerprint density at radius 1 is 1.09 bits per heavy atom. The first-order chi connectivity index (χ1) is 11.0. The molecule has 1 aliphatic carbocycles. The third kappa shape index (κ3) is 2.17. The Morgan fingerprint density at radius 3 is 2.39 bits per heavy atom. The van der Waals surface area contributed by atoms with E-state index >= 15 is 0 Å². The number of ketones is 2. The van der Waals surface area contributed by atoms with E-state index in [2.05, 4.69) is 15.0 Å². The summed E-state index contributed by atoms with van der Waals surface area (Å²) in [5.74, 6) is -1.44. The van der Waals surface area contributed by atoms with Gasteiger partial charge in [0.25, 0.3) is 0 Å². The third-order valence-electron chi connectivity index (χ3n) is 3.70. The molecule has 0 aromatic carbocycles. The highest BCUT2D eigenvalue weighted by atomic mass is 16.5. The van der Waals surface area contributed by atoms with Crippen LogP contribution in [0.1, 0.15) is 48.3 Å². The molecule has 0 radical (unpaired) electrons. The van der Waals surface area contributed by atoms with Crippen molar-refractivity contribution in [3.05, 3.63) is 52.4 Å². The van der Waals surface area contributed by atoms with Crippen LogP contribution < -0.4 is 0 Å². The summed E-state index contributed by atoms with van der Waals surface area (Å²) < 4.78 is 4.78. The van der Waals surface area contributed by atoms with Gasteiger partial charge in [0, 0.05) is 34.9 Å². The minimum atomic E-state index is -0.576. The average molecular weight is 311 g/mol. The van der Waals surface area contributed by atoms with Crippen molar-refractivity contribution in [1.82, 2.24) is 15.0 Å². The number of hydrogen-bond acceptors (Lipinski definition) is 6. The number of allylic oxidation sites excluding steroid dienone is 2. The van der Waals surface area contributed by atoms with Crippen LogP contribution >= 0.6 is 0 Å². The fraction of sp³-hybridized carbons (Fsp3) is 0.188. The lowest BCUT2D eigenvalue weighted by Crippen LogP contribution is -2.20. The van der Waals surface area contributed by atoms with Gasteiger partial charge >= 0.3 is 5.97 Å². The summed E-state index contributed by atoms with van der Waals surface area (Å²) in [6.45, 7) is 3.42. The molecule has 3 rings (SSSR count). The monoisotopic (exact) mass is 311 g/mol. The molecule has 0 bridgehead atoms. The first kappa shape index (κ1) is 14.8. The summed E-state index contributed by atoms with van der Waals surface area (Å²) in [6, 6.07) is 0. The van der Waals surface area contributed by atoms with Crippen molar-refractivity contribution in [1.29, 1.82) is 0 Å². The van der Waals surface area contributed by atoms with E-state index in [-0.39, 0.29) is 22.5 Å². The quantitative estimate of drug-likeness (QED) is 0.846. The zero-order valence-corrected chi connectivity index (χ0v) is 12.8. The van der Waals surface area contributed by atoms with E-state index in [1.54, 1.807) is 13.8 Å². The number of nitrogens with one attached hydrogen (secondary N) is 1. The zero-order chi connectivity index (χ0) is 16.7. The molecule has 0 spiro atoms. The van der Waals surface area contributed by atoms with E-state index in [0.717, 1.165) is 0 Å². The van der Waals surface area contributed by atoms with Crippen LogP contribution in [0.15, 0.2) is 18.5 Å². The second-order valence-electron chi connectivity index (χ2n) is 5.12. The molecule has 116 valence electrons. The predicted molar refractivity (Wildman–Crippen MR) is 80.3 cm³/mol. The van der Waals surface area contributed by atoms with Gasteiger partial charge in [-0.15, -0.1) is 0 Å². The van der Waals surface area contributed by atoms with Gasteiger partial charge in [0.15, 0.2) is 0 Å². The van der Waals surface area contributed by atoms with E-state index in [9.17, 15) is 14.4 Å². The number of carbonyl (C=O) groups excluding carboxylic acids is 3. The number of esters is 1. The molecule has 0 atom stereocenters. The lowest BCUT2D eigenvalue weighted by Gasteiger charge is -2.14. The normalized spacial score (nSPS) is 13.6. The van der Waals surface area contributed by atoms with Crippen LogP contribution in [0, 0.1) is 13.8 Å². The molecule has 1 N–H and O–H groups in total. The maximum absolute atomic E-state index is 12.7. The number of methoxy groups -OCH3 is 1. The minimum Gasteiger partial charge on any atom is -0.465 e. The van der Waals surface area contributed by atoms with Crippen LogP contribution in [0.4, 0.5) is 0 Å². The van der Waals surface area contributed by atoms with Gasteiger partial charge in [-0.05, 0) is 19.9 Å². The van der Waals surface area contributed by atoms with Crippen molar-refractivity contribution < 1.29 is 19.1 Å². The van der Waals surface area contributed by atoms with Crippen molar-refractivity contribution in [2.75, 3.05) is 7.11 Å².